The van der Waals surface area contributed by atoms with E-state index in [1.807, 2.05) is 0 Å². The fourth-order valence-corrected chi connectivity index (χ4v) is 3.75. The molecule has 0 fully saturated rings. The van der Waals surface area contributed by atoms with Crippen molar-refractivity contribution >= 4 is 32.4 Å². The van der Waals surface area contributed by atoms with E-state index >= 15 is 0 Å². The fraction of sp³-hybridized carbons (Fsp3) is 0.158. The maximum atomic E-state index is 11.6. The number of nitrogens with zero attached hydrogens (tertiary/aromatic N) is 4. The van der Waals surface area contributed by atoms with Gasteiger partial charge in [0.25, 0.3) is 0 Å². The third-order valence-corrected chi connectivity index (χ3v) is 5.83. The Hall–Kier alpha value is -3.24. The predicted molar refractivity (Wildman–Crippen MR) is 109 cm³/mol. The summed E-state index contributed by atoms with van der Waals surface area (Å²) < 4.78 is 35.6. The van der Waals surface area contributed by atoms with Crippen molar-refractivity contribution in [3.63, 3.8) is 0 Å². The average Bonchev–Trinajstić information content (AvgIpc) is 3.15. The number of benzene rings is 2. The number of aromatic nitrogens is 4. The minimum absolute atomic E-state index is 0.0257. The largest absolute Gasteiger partial charge is 0.484 e. The molecule has 2 heterocycles. The van der Waals surface area contributed by atoms with Crippen LogP contribution < -0.4 is 10.4 Å². The van der Waals surface area contributed by atoms with Gasteiger partial charge in [-0.05, 0) is 53.2 Å². The Morgan fingerprint density at radius 2 is 1.90 bits per heavy atom. The summed E-state index contributed by atoms with van der Waals surface area (Å²) in [5.74, 6) is 0.670. The Labute approximate surface area is 175 Å². The molecule has 154 valence electrons. The molecular formula is C19H15ClN4O5S. The van der Waals surface area contributed by atoms with Gasteiger partial charge in [-0.15, -0.1) is 5.10 Å². The predicted octanol–water partition coefficient (Wildman–Crippen LogP) is 2.71. The summed E-state index contributed by atoms with van der Waals surface area (Å²) >= 11 is 6.31. The molecule has 2 aromatic carbocycles. The first-order valence-corrected chi connectivity index (χ1v) is 10.9. The Morgan fingerprint density at radius 1 is 1.17 bits per heavy atom. The van der Waals surface area contributed by atoms with Gasteiger partial charge in [0.15, 0.2) is 15.7 Å². The van der Waals surface area contributed by atoms with Gasteiger partial charge in [-0.3, -0.25) is 0 Å². The zero-order chi connectivity index (χ0) is 21.5. The normalized spacial score (nSPS) is 11.7. The lowest BCUT2D eigenvalue weighted by atomic mass is 10.1. The van der Waals surface area contributed by atoms with Crippen molar-refractivity contribution in [1.82, 2.24) is 20.2 Å². The number of halogens is 1. The zero-order valence-electron chi connectivity index (χ0n) is 15.9. The molecule has 0 radical (unpaired) electrons. The van der Waals surface area contributed by atoms with Crippen molar-refractivity contribution in [2.24, 2.45) is 0 Å². The van der Waals surface area contributed by atoms with Gasteiger partial charge in [-0.25, -0.2) is 13.2 Å². The molecule has 4 aromatic rings. The van der Waals surface area contributed by atoms with Crippen LogP contribution in [0.2, 0.25) is 5.02 Å². The van der Waals surface area contributed by atoms with Crippen LogP contribution >= 0.6 is 11.6 Å². The van der Waals surface area contributed by atoms with Crippen LogP contribution in [0.1, 0.15) is 11.4 Å². The van der Waals surface area contributed by atoms with Crippen molar-refractivity contribution in [2.75, 3.05) is 6.26 Å². The van der Waals surface area contributed by atoms with Crippen molar-refractivity contribution in [2.45, 2.75) is 18.4 Å². The van der Waals surface area contributed by atoms with E-state index in [0.29, 0.717) is 33.3 Å². The Morgan fingerprint density at radius 3 is 2.60 bits per heavy atom. The molecule has 0 unspecified atom stereocenters. The molecular weight excluding hydrogens is 432 g/mol. The van der Waals surface area contributed by atoms with E-state index in [-0.39, 0.29) is 11.5 Å². The van der Waals surface area contributed by atoms with Crippen molar-refractivity contribution < 1.29 is 17.6 Å². The van der Waals surface area contributed by atoms with E-state index in [9.17, 15) is 13.2 Å². The van der Waals surface area contributed by atoms with Gasteiger partial charge in [-0.2, -0.15) is 4.68 Å². The Balaban J connectivity index is 1.61. The molecule has 0 aliphatic carbocycles. The minimum Gasteiger partial charge on any atom is -0.484 e. The summed E-state index contributed by atoms with van der Waals surface area (Å²) in [6.45, 7) is 1.77. The summed E-state index contributed by atoms with van der Waals surface area (Å²) in [5.41, 5.74) is 1.21. The fourth-order valence-electron chi connectivity index (χ4n) is 2.90. The number of rotatable bonds is 5. The maximum Gasteiger partial charge on any atom is 0.336 e. The van der Waals surface area contributed by atoms with Crippen molar-refractivity contribution in [3.8, 4) is 11.4 Å². The lowest BCUT2D eigenvalue weighted by Crippen LogP contribution is -2.08. The van der Waals surface area contributed by atoms with Gasteiger partial charge in [0.05, 0.1) is 15.6 Å². The standard InChI is InChI=1S/C19H15ClN4O5S/c1-11-7-19(25)29-16-9-17(15(20)8-14(11)16)28-10-18-21-22-23-24(18)12-3-5-13(6-4-12)30(2,26)27/h3-9H,10H2,1-2H3. The van der Waals surface area contributed by atoms with E-state index in [1.54, 1.807) is 31.2 Å². The molecule has 11 heteroatoms. The van der Waals surface area contributed by atoms with Gasteiger partial charge >= 0.3 is 5.63 Å². The first-order chi connectivity index (χ1) is 14.2. The number of fused-ring (bicyclic) bond motifs is 1. The van der Waals surface area contributed by atoms with Gasteiger partial charge in [-0.1, -0.05) is 11.6 Å². The van der Waals surface area contributed by atoms with Crippen LogP contribution in [0, 0.1) is 6.92 Å². The smallest absolute Gasteiger partial charge is 0.336 e. The van der Waals surface area contributed by atoms with Crippen LogP contribution in [0.4, 0.5) is 0 Å². The van der Waals surface area contributed by atoms with Crippen LogP contribution in [0.5, 0.6) is 5.75 Å². The minimum atomic E-state index is -3.31. The van der Waals surface area contributed by atoms with Crippen LogP contribution in [-0.2, 0) is 16.4 Å². The van der Waals surface area contributed by atoms with Crippen molar-refractivity contribution in [1.29, 1.82) is 0 Å². The average molecular weight is 447 g/mol. The number of aryl methyl sites for hydroxylation is 1. The molecule has 0 bridgehead atoms. The zero-order valence-corrected chi connectivity index (χ0v) is 17.4. The highest BCUT2D eigenvalue weighted by atomic mass is 35.5. The number of ether oxygens (including phenoxy) is 1. The lowest BCUT2D eigenvalue weighted by Gasteiger charge is -2.10. The van der Waals surface area contributed by atoms with E-state index < -0.39 is 15.5 Å². The molecule has 0 aliphatic rings. The molecule has 0 saturated heterocycles. The highest BCUT2D eigenvalue weighted by Gasteiger charge is 2.14. The third kappa shape index (κ3) is 3.91. The number of hydrogen-bond acceptors (Lipinski definition) is 8. The first-order valence-electron chi connectivity index (χ1n) is 8.67. The Kier molecular flexibility index (Phi) is 5.04. The summed E-state index contributed by atoms with van der Waals surface area (Å²) in [5, 5.41) is 12.6. The van der Waals surface area contributed by atoms with Crippen molar-refractivity contribution in [3.05, 3.63) is 69.3 Å². The molecule has 0 saturated carbocycles. The molecule has 0 spiro atoms. The highest BCUT2D eigenvalue weighted by Crippen LogP contribution is 2.31. The van der Waals surface area contributed by atoms with Crippen LogP contribution in [-0.4, -0.2) is 34.9 Å². The highest BCUT2D eigenvalue weighted by molar-refractivity contribution is 7.90. The summed E-state index contributed by atoms with van der Waals surface area (Å²) in [6.07, 6.45) is 1.13. The van der Waals surface area contributed by atoms with Crippen LogP contribution in [0.15, 0.2) is 56.6 Å². The van der Waals surface area contributed by atoms with Gasteiger partial charge in [0.1, 0.15) is 17.9 Å². The quantitative estimate of drug-likeness (QED) is 0.429. The number of hydrogen-bond donors (Lipinski definition) is 0. The topological polar surface area (TPSA) is 117 Å². The third-order valence-electron chi connectivity index (χ3n) is 4.40. The lowest BCUT2D eigenvalue weighted by molar-refractivity contribution is 0.292. The molecule has 0 atom stereocenters. The summed E-state index contributed by atoms with van der Waals surface area (Å²) in [4.78, 5) is 11.8. The molecule has 2 aromatic heterocycles. The monoisotopic (exact) mass is 446 g/mol. The maximum absolute atomic E-state index is 11.6. The molecule has 0 amide bonds. The van der Waals surface area contributed by atoms with E-state index in [4.69, 9.17) is 20.8 Å². The van der Waals surface area contributed by atoms with E-state index in [0.717, 1.165) is 11.8 Å². The number of sulfone groups is 1. The van der Waals surface area contributed by atoms with Gasteiger partial charge in [0.2, 0.25) is 0 Å². The van der Waals surface area contributed by atoms with E-state index in [1.165, 1.54) is 22.9 Å². The first kappa shape index (κ1) is 20.0. The summed E-state index contributed by atoms with van der Waals surface area (Å²) in [6, 6.07) is 10.7. The molecule has 0 N–H and O–H groups in total. The molecule has 4 rings (SSSR count). The molecule has 30 heavy (non-hydrogen) atoms. The van der Waals surface area contributed by atoms with Crippen LogP contribution in [0.25, 0.3) is 16.7 Å². The summed E-state index contributed by atoms with van der Waals surface area (Å²) in [7, 11) is -3.31. The van der Waals surface area contributed by atoms with E-state index in [2.05, 4.69) is 15.5 Å². The SMILES string of the molecule is Cc1cc(=O)oc2cc(OCc3nnnn3-c3ccc(S(C)(=O)=O)cc3)c(Cl)cc12. The molecule has 0 aliphatic heterocycles. The Bertz CT molecular complexity index is 1410. The molecule has 9 nitrogen and oxygen atoms in total. The van der Waals surface area contributed by atoms with Gasteiger partial charge in [0, 0.05) is 23.8 Å². The second-order valence-corrected chi connectivity index (χ2v) is 9.01. The van der Waals surface area contributed by atoms with Gasteiger partial charge < -0.3 is 9.15 Å². The van der Waals surface area contributed by atoms with Crippen LogP contribution in [0.3, 0.4) is 0 Å². The second-order valence-electron chi connectivity index (χ2n) is 6.59. The number of tetrazole rings is 1. The second kappa shape index (κ2) is 7.54.